The van der Waals surface area contributed by atoms with Gasteiger partial charge in [-0.2, -0.15) is 26.3 Å². The minimum atomic E-state index is -6.03. The van der Waals surface area contributed by atoms with Crippen LogP contribution in [0, 0.1) is 0 Å². The first-order valence-corrected chi connectivity index (χ1v) is 9.72. The number of anilines is 1. The molecule has 3 aromatic carbocycles. The van der Waals surface area contributed by atoms with Crippen molar-refractivity contribution in [3.63, 3.8) is 0 Å². The van der Waals surface area contributed by atoms with Gasteiger partial charge < -0.3 is 5.11 Å². The Labute approximate surface area is 166 Å². The first-order chi connectivity index (χ1) is 13.8. The van der Waals surface area contributed by atoms with Crippen molar-refractivity contribution in [1.82, 2.24) is 0 Å². The predicted molar refractivity (Wildman–Crippen MR) is 97.2 cm³/mol. The lowest BCUT2D eigenvalue weighted by atomic mass is 9.92. The molecule has 0 saturated carbocycles. The van der Waals surface area contributed by atoms with E-state index in [2.05, 4.69) is 4.72 Å². The molecular formula is C19H13F6NO3S. The molecule has 0 heterocycles. The molecule has 0 amide bonds. The lowest BCUT2D eigenvalue weighted by Gasteiger charge is -2.32. The third-order valence-corrected chi connectivity index (χ3v) is 5.85. The molecular weight excluding hydrogens is 436 g/mol. The molecule has 11 heteroatoms. The molecule has 0 fully saturated rings. The summed E-state index contributed by atoms with van der Waals surface area (Å²) in [5.74, 6) is 0. The summed E-state index contributed by atoms with van der Waals surface area (Å²) >= 11 is 0. The van der Waals surface area contributed by atoms with Gasteiger partial charge in [-0.15, -0.1) is 0 Å². The standard InChI is InChI=1S/C19H13F6NO3S/c20-18(21,22)17(27,19(23,24)25)13-8-10-14(11-9-13)26-30(28,29)16-7-3-5-12-4-1-2-6-15(12)16/h1-11,26-27H. The summed E-state index contributed by atoms with van der Waals surface area (Å²) in [6.45, 7) is 0. The van der Waals surface area contributed by atoms with Crippen molar-refractivity contribution in [3.05, 3.63) is 72.3 Å². The second kappa shape index (κ2) is 7.17. The minimum absolute atomic E-state index is 0.119. The Balaban J connectivity index is 1.97. The number of hydrogen-bond donors (Lipinski definition) is 2. The van der Waals surface area contributed by atoms with Crippen molar-refractivity contribution in [3.8, 4) is 0 Å². The summed E-state index contributed by atoms with van der Waals surface area (Å²) in [7, 11) is -4.20. The van der Waals surface area contributed by atoms with Crippen LogP contribution in [-0.2, 0) is 15.6 Å². The lowest BCUT2D eigenvalue weighted by Crippen LogP contribution is -2.53. The molecule has 0 spiro atoms. The van der Waals surface area contributed by atoms with Gasteiger partial charge in [-0.05, 0) is 23.6 Å². The quantitative estimate of drug-likeness (QED) is 0.554. The number of benzene rings is 3. The van der Waals surface area contributed by atoms with E-state index in [1.54, 1.807) is 30.3 Å². The number of nitrogens with one attached hydrogen (secondary N) is 1. The summed E-state index contributed by atoms with van der Waals surface area (Å²) in [4.78, 5) is -0.119. The molecule has 30 heavy (non-hydrogen) atoms. The van der Waals surface area contributed by atoms with Gasteiger partial charge >= 0.3 is 12.4 Å². The average molecular weight is 449 g/mol. The van der Waals surface area contributed by atoms with Crippen molar-refractivity contribution >= 4 is 26.5 Å². The molecule has 0 atom stereocenters. The van der Waals surface area contributed by atoms with Gasteiger partial charge in [0.2, 0.25) is 0 Å². The Bertz CT molecular complexity index is 1150. The Morgan fingerprint density at radius 1 is 0.733 bits per heavy atom. The number of aliphatic hydroxyl groups is 1. The molecule has 0 aliphatic carbocycles. The molecule has 0 radical (unpaired) electrons. The van der Waals surface area contributed by atoms with Crippen molar-refractivity contribution in [2.24, 2.45) is 0 Å². The van der Waals surface area contributed by atoms with Crippen molar-refractivity contribution in [1.29, 1.82) is 0 Å². The molecule has 0 unspecified atom stereocenters. The van der Waals surface area contributed by atoms with E-state index in [0.717, 1.165) is 0 Å². The van der Waals surface area contributed by atoms with E-state index in [-0.39, 0.29) is 10.6 Å². The highest BCUT2D eigenvalue weighted by atomic mass is 32.2. The molecule has 4 nitrogen and oxygen atoms in total. The van der Waals surface area contributed by atoms with Crippen LogP contribution in [-0.4, -0.2) is 25.9 Å². The maximum atomic E-state index is 12.9. The van der Waals surface area contributed by atoms with Gasteiger partial charge in [-0.25, -0.2) is 8.42 Å². The van der Waals surface area contributed by atoms with Crippen LogP contribution >= 0.6 is 0 Å². The van der Waals surface area contributed by atoms with Crippen molar-refractivity contribution in [2.45, 2.75) is 22.8 Å². The number of fused-ring (bicyclic) bond motifs is 1. The Hall–Kier alpha value is -2.79. The fraction of sp³-hybridized carbons (Fsp3) is 0.158. The zero-order chi connectivity index (χ0) is 22.4. The molecule has 0 aromatic heterocycles. The van der Waals surface area contributed by atoms with E-state index < -0.39 is 33.5 Å². The van der Waals surface area contributed by atoms with E-state index >= 15 is 0 Å². The first kappa shape index (κ1) is 21.9. The Kier molecular flexibility index (Phi) is 5.23. The van der Waals surface area contributed by atoms with Crippen LogP contribution in [0.15, 0.2) is 71.6 Å². The molecule has 160 valence electrons. The highest BCUT2D eigenvalue weighted by Gasteiger charge is 2.71. The van der Waals surface area contributed by atoms with Crippen molar-refractivity contribution < 1.29 is 39.9 Å². The van der Waals surface area contributed by atoms with E-state index in [9.17, 15) is 39.9 Å². The monoisotopic (exact) mass is 449 g/mol. The Morgan fingerprint density at radius 2 is 1.27 bits per heavy atom. The second-order valence-corrected chi connectivity index (χ2v) is 8.02. The number of rotatable bonds is 4. The minimum Gasteiger partial charge on any atom is -0.369 e. The Morgan fingerprint density at radius 3 is 1.83 bits per heavy atom. The number of hydrogen-bond acceptors (Lipinski definition) is 3. The predicted octanol–water partition coefficient (Wildman–Crippen LogP) is 4.95. The van der Waals surface area contributed by atoms with Gasteiger partial charge in [0.15, 0.2) is 0 Å². The SMILES string of the molecule is O=S(=O)(Nc1ccc(C(O)(C(F)(F)F)C(F)(F)F)cc1)c1cccc2ccccc12. The van der Waals surface area contributed by atoms with E-state index in [1.807, 2.05) is 0 Å². The van der Waals surface area contributed by atoms with Crippen LogP contribution in [0.4, 0.5) is 32.0 Å². The van der Waals surface area contributed by atoms with Gasteiger partial charge in [0, 0.05) is 16.6 Å². The fourth-order valence-corrected chi connectivity index (χ4v) is 4.20. The molecule has 0 aliphatic heterocycles. The molecule has 3 aromatic rings. The van der Waals surface area contributed by atoms with Crippen LogP contribution in [0.1, 0.15) is 5.56 Å². The molecule has 2 N–H and O–H groups in total. The maximum absolute atomic E-state index is 12.9. The number of sulfonamides is 1. The van der Waals surface area contributed by atoms with Crippen LogP contribution in [0.2, 0.25) is 0 Å². The number of alkyl halides is 6. The smallest absolute Gasteiger partial charge is 0.369 e. The maximum Gasteiger partial charge on any atom is 0.430 e. The van der Waals surface area contributed by atoms with Gasteiger partial charge in [0.1, 0.15) is 0 Å². The lowest BCUT2D eigenvalue weighted by molar-refractivity contribution is -0.376. The van der Waals surface area contributed by atoms with Gasteiger partial charge in [0.05, 0.1) is 4.90 Å². The fourth-order valence-electron chi connectivity index (χ4n) is 2.91. The summed E-state index contributed by atoms with van der Waals surface area (Å²) in [5, 5.41) is 10.4. The summed E-state index contributed by atoms with van der Waals surface area (Å²) < 4.78 is 105. The molecule has 0 saturated heterocycles. The van der Waals surface area contributed by atoms with Crippen LogP contribution in [0.3, 0.4) is 0 Å². The highest BCUT2D eigenvalue weighted by molar-refractivity contribution is 7.93. The van der Waals surface area contributed by atoms with Gasteiger partial charge in [-0.1, -0.05) is 48.5 Å². The summed E-state index contributed by atoms with van der Waals surface area (Å²) in [5.41, 5.74) is -6.86. The first-order valence-electron chi connectivity index (χ1n) is 8.24. The third kappa shape index (κ3) is 3.70. The molecule has 3 rings (SSSR count). The highest BCUT2D eigenvalue weighted by Crippen LogP contribution is 2.50. The number of halogens is 6. The third-order valence-electron chi connectivity index (χ3n) is 4.41. The van der Waals surface area contributed by atoms with E-state index in [0.29, 0.717) is 35.0 Å². The topological polar surface area (TPSA) is 66.4 Å². The molecule has 0 bridgehead atoms. The average Bonchev–Trinajstić information content (AvgIpc) is 2.65. The van der Waals surface area contributed by atoms with E-state index in [4.69, 9.17) is 0 Å². The summed E-state index contributed by atoms with van der Waals surface area (Å²) in [6, 6.07) is 13.2. The normalized spacial score (nSPS) is 13.4. The zero-order valence-corrected chi connectivity index (χ0v) is 15.6. The zero-order valence-electron chi connectivity index (χ0n) is 14.8. The van der Waals surface area contributed by atoms with Gasteiger partial charge in [-0.3, -0.25) is 4.72 Å². The van der Waals surface area contributed by atoms with Gasteiger partial charge in [0.25, 0.3) is 15.6 Å². The largest absolute Gasteiger partial charge is 0.430 e. The van der Waals surface area contributed by atoms with Crippen LogP contribution in [0.25, 0.3) is 10.8 Å². The van der Waals surface area contributed by atoms with E-state index in [1.165, 1.54) is 12.1 Å². The van der Waals surface area contributed by atoms with Crippen LogP contribution < -0.4 is 4.72 Å². The van der Waals surface area contributed by atoms with Crippen LogP contribution in [0.5, 0.6) is 0 Å². The summed E-state index contributed by atoms with van der Waals surface area (Å²) in [6.07, 6.45) is -12.1. The van der Waals surface area contributed by atoms with Crippen molar-refractivity contribution in [2.75, 3.05) is 4.72 Å². The second-order valence-electron chi connectivity index (χ2n) is 6.37. The molecule has 0 aliphatic rings.